The third-order valence-corrected chi connectivity index (χ3v) is 1.74. The molecule has 1 atom stereocenters. The molecule has 3 heteroatoms. The van der Waals surface area contributed by atoms with Gasteiger partial charge < -0.3 is 9.64 Å². The van der Waals surface area contributed by atoms with Crippen LogP contribution in [0.15, 0.2) is 12.7 Å². The number of methoxy groups -OCH3 is 1. The molecule has 0 rings (SSSR count). The van der Waals surface area contributed by atoms with Gasteiger partial charge in [0.05, 0.1) is 12.6 Å². The van der Waals surface area contributed by atoms with E-state index in [-0.39, 0.29) is 11.9 Å². The van der Waals surface area contributed by atoms with Crippen molar-refractivity contribution in [1.82, 2.24) is 4.90 Å². The standard InChI is InChI=1S/C9H17NO2/c1-5-9(11)10(6-2)8(3)7-12-4/h5,8H,1,6-7H2,2-4H3. The molecule has 0 N–H and O–H groups in total. The van der Waals surface area contributed by atoms with Crippen LogP contribution in [0.25, 0.3) is 0 Å². The molecule has 70 valence electrons. The van der Waals surface area contributed by atoms with Crippen LogP contribution < -0.4 is 0 Å². The van der Waals surface area contributed by atoms with Crippen LogP contribution in [0.3, 0.4) is 0 Å². The molecule has 0 fully saturated rings. The summed E-state index contributed by atoms with van der Waals surface area (Å²) in [5.74, 6) is -0.0398. The van der Waals surface area contributed by atoms with E-state index in [2.05, 4.69) is 6.58 Å². The summed E-state index contributed by atoms with van der Waals surface area (Å²) < 4.78 is 4.95. The highest BCUT2D eigenvalue weighted by molar-refractivity contribution is 5.87. The minimum atomic E-state index is -0.0398. The minimum Gasteiger partial charge on any atom is -0.383 e. The van der Waals surface area contributed by atoms with Gasteiger partial charge in [-0.1, -0.05) is 6.58 Å². The number of hydrogen-bond donors (Lipinski definition) is 0. The maximum Gasteiger partial charge on any atom is 0.246 e. The molecule has 0 aliphatic carbocycles. The summed E-state index contributed by atoms with van der Waals surface area (Å²) in [5, 5.41) is 0. The topological polar surface area (TPSA) is 29.5 Å². The van der Waals surface area contributed by atoms with Crippen LogP contribution in [0.5, 0.6) is 0 Å². The van der Waals surface area contributed by atoms with E-state index in [1.54, 1.807) is 12.0 Å². The highest BCUT2D eigenvalue weighted by Crippen LogP contribution is 2.00. The highest BCUT2D eigenvalue weighted by Gasteiger charge is 2.14. The second kappa shape index (κ2) is 5.77. The molecule has 12 heavy (non-hydrogen) atoms. The maximum atomic E-state index is 11.2. The van der Waals surface area contributed by atoms with Gasteiger partial charge in [0, 0.05) is 13.7 Å². The number of rotatable bonds is 5. The molecule has 1 unspecified atom stereocenters. The Morgan fingerprint density at radius 2 is 2.33 bits per heavy atom. The van der Waals surface area contributed by atoms with Crippen LogP contribution >= 0.6 is 0 Å². The van der Waals surface area contributed by atoms with Crippen molar-refractivity contribution in [3.63, 3.8) is 0 Å². The molecular weight excluding hydrogens is 154 g/mol. The molecule has 0 aromatic rings. The van der Waals surface area contributed by atoms with E-state index in [9.17, 15) is 4.79 Å². The van der Waals surface area contributed by atoms with E-state index in [0.717, 1.165) is 0 Å². The first-order chi connectivity index (χ1) is 5.67. The highest BCUT2D eigenvalue weighted by atomic mass is 16.5. The summed E-state index contributed by atoms with van der Waals surface area (Å²) in [5.41, 5.74) is 0. The molecule has 0 aliphatic heterocycles. The van der Waals surface area contributed by atoms with Crippen LogP contribution in [-0.4, -0.2) is 37.1 Å². The predicted molar refractivity (Wildman–Crippen MR) is 48.9 cm³/mol. The second-order valence-electron chi connectivity index (χ2n) is 2.63. The molecule has 0 aliphatic rings. The molecule has 0 saturated heterocycles. The van der Waals surface area contributed by atoms with Crippen LogP contribution in [-0.2, 0) is 9.53 Å². The molecule has 0 heterocycles. The van der Waals surface area contributed by atoms with Crippen LogP contribution in [0.4, 0.5) is 0 Å². The minimum absolute atomic E-state index is 0.0398. The Hall–Kier alpha value is -0.830. The lowest BCUT2D eigenvalue weighted by Crippen LogP contribution is -2.39. The van der Waals surface area contributed by atoms with Gasteiger partial charge in [-0.25, -0.2) is 0 Å². The molecular formula is C9H17NO2. The lowest BCUT2D eigenvalue weighted by Gasteiger charge is -2.26. The van der Waals surface area contributed by atoms with Crippen molar-refractivity contribution in [3.8, 4) is 0 Å². The fourth-order valence-electron chi connectivity index (χ4n) is 1.13. The molecule has 0 saturated carbocycles. The summed E-state index contributed by atoms with van der Waals surface area (Å²) in [4.78, 5) is 12.9. The number of nitrogens with zero attached hydrogens (tertiary/aromatic N) is 1. The fraction of sp³-hybridized carbons (Fsp3) is 0.667. The molecule has 0 spiro atoms. The lowest BCUT2D eigenvalue weighted by molar-refractivity contribution is -0.128. The van der Waals surface area contributed by atoms with Crippen LogP contribution in [0.2, 0.25) is 0 Å². The van der Waals surface area contributed by atoms with E-state index in [4.69, 9.17) is 4.74 Å². The van der Waals surface area contributed by atoms with Gasteiger partial charge >= 0.3 is 0 Å². The quantitative estimate of drug-likeness (QED) is 0.579. The zero-order valence-electron chi connectivity index (χ0n) is 8.04. The lowest BCUT2D eigenvalue weighted by atomic mass is 10.3. The average molecular weight is 171 g/mol. The van der Waals surface area contributed by atoms with E-state index in [1.807, 2.05) is 13.8 Å². The fourth-order valence-corrected chi connectivity index (χ4v) is 1.13. The normalized spacial score (nSPS) is 12.2. The molecule has 1 amide bonds. The number of amides is 1. The van der Waals surface area contributed by atoms with Gasteiger partial charge in [0.25, 0.3) is 0 Å². The maximum absolute atomic E-state index is 11.2. The van der Waals surface area contributed by atoms with Gasteiger partial charge in [-0.3, -0.25) is 4.79 Å². The number of carbonyl (C=O) groups excluding carboxylic acids is 1. The third kappa shape index (κ3) is 3.05. The number of ether oxygens (including phenoxy) is 1. The smallest absolute Gasteiger partial charge is 0.246 e. The van der Waals surface area contributed by atoms with Crippen molar-refractivity contribution in [2.24, 2.45) is 0 Å². The first-order valence-corrected chi connectivity index (χ1v) is 4.09. The van der Waals surface area contributed by atoms with E-state index in [1.165, 1.54) is 6.08 Å². The molecule has 0 radical (unpaired) electrons. The SMILES string of the molecule is C=CC(=O)N(CC)C(C)COC. The van der Waals surface area contributed by atoms with Gasteiger partial charge in [-0.2, -0.15) is 0 Å². The van der Waals surface area contributed by atoms with Crippen LogP contribution in [0.1, 0.15) is 13.8 Å². The zero-order valence-corrected chi connectivity index (χ0v) is 8.04. The summed E-state index contributed by atoms with van der Waals surface area (Å²) in [6.07, 6.45) is 1.33. The Morgan fingerprint density at radius 3 is 2.67 bits per heavy atom. The Bertz CT molecular complexity index is 157. The molecule has 3 nitrogen and oxygen atoms in total. The Kier molecular flexibility index (Phi) is 5.37. The van der Waals surface area contributed by atoms with Gasteiger partial charge in [-0.05, 0) is 19.9 Å². The van der Waals surface area contributed by atoms with E-state index in [0.29, 0.717) is 13.2 Å². The predicted octanol–water partition coefficient (Wildman–Crippen LogP) is 1.06. The van der Waals surface area contributed by atoms with Crippen molar-refractivity contribution in [3.05, 3.63) is 12.7 Å². The van der Waals surface area contributed by atoms with E-state index >= 15 is 0 Å². The Labute approximate surface area is 74.0 Å². The molecule has 0 aromatic heterocycles. The number of carbonyl (C=O) groups is 1. The van der Waals surface area contributed by atoms with Gasteiger partial charge in [-0.15, -0.1) is 0 Å². The van der Waals surface area contributed by atoms with Gasteiger partial charge in [0.2, 0.25) is 5.91 Å². The van der Waals surface area contributed by atoms with Crippen molar-refractivity contribution in [1.29, 1.82) is 0 Å². The molecule has 0 bridgehead atoms. The van der Waals surface area contributed by atoms with Gasteiger partial charge in [0.1, 0.15) is 0 Å². The number of hydrogen-bond acceptors (Lipinski definition) is 2. The van der Waals surface area contributed by atoms with Crippen molar-refractivity contribution in [2.75, 3.05) is 20.3 Å². The first kappa shape index (κ1) is 11.2. The third-order valence-electron chi connectivity index (χ3n) is 1.74. The monoisotopic (exact) mass is 171 g/mol. The first-order valence-electron chi connectivity index (χ1n) is 4.09. The average Bonchev–Trinajstić information content (AvgIpc) is 2.06. The largest absolute Gasteiger partial charge is 0.383 e. The van der Waals surface area contributed by atoms with Gasteiger partial charge in [0.15, 0.2) is 0 Å². The summed E-state index contributed by atoms with van der Waals surface area (Å²) >= 11 is 0. The number of likely N-dealkylation sites (N-methyl/N-ethyl adjacent to an activating group) is 1. The second-order valence-corrected chi connectivity index (χ2v) is 2.63. The molecule has 0 aromatic carbocycles. The Morgan fingerprint density at radius 1 is 1.75 bits per heavy atom. The van der Waals surface area contributed by atoms with Crippen molar-refractivity contribution >= 4 is 5.91 Å². The van der Waals surface area contributed by atoms with Crippen molar-refractivity contribution < 1.29 is 9.53 Å². The van der Waals surface area contributed by atoms with Crippen LogP contribution in [0, 0.1) is 0 Å². The van der Waals surface area contributed by atoms with E-state index < -0.39 is 0 Å². The summed E-state index contributed by atoms with van der Waals surface area (Å²) in [6, 6.07) is 0.116. The van der Waals surface area contributed by atoms with Crippen molar-refractivity contribution in [2.45, 2.75) is 19.9 Å². The Balaban J connectivity index is 4.12. The zero-order chi connectivity index (χ0) is 9.56. The summed E-state index contributed by atoms with van der Waals surface area (Å²) in [7, 11) is 1.63. The summed E-state index contributed by atoms with van der Waals surface area (Å²) in [6.45, 7) is 8.58.